The number of nitrogens with zero attached hydrogens (tertiary/aromatic N) is 2. The van der Waals surface area contributed by atoms with E-state index in [0.29, 0.717) is 11.5 Å². The summed E-state index contributed by atoms with van der Waals surface area (Å²) in [6.07, 6.45) is 7.30. The zero-order valence-electron chi connectivity index (χ0n) is 8.36. The van der Waals surface area contributed by atoms with Gasteiger partial charge in [0.25, 0.3) is 0 Å². The van der Waals surface area contributed by atoms with Crippen molar-refractivity contribution < 1.29 is 4.79 Å². The van der Waals surface area contributed by atoms with E-state index in [1.54, 1.807) is 0 Å². The first kappa shape index (κ1) is 10.6. The number of rotatable bonds is 6. The normalized spacial score (nSPS) is 9.79. The van der Waals surface area contributed by atoms with Crippen molar-refractivity contribution in [3.05, 3.63) is 18.0 Å². The van der Waals surface area contributed by atoms with Crippen LogP contribution in [0.25, 0.3) is 0 Å². The van der Waals surface area contributed by atoms with Gasteiger partial charge in [0.2, 0.25) is 5.95 Å². The third kappa shape index (κ3) is 3.51. The molecule has 0 aliphatic carbocycles. The molecule has 0 aliphatic heterocycles. The van der Waals surface area contributed by atoms with Crippen LogP contribution in [-0.4, -0.2) is 22.8 Å². The average molecular weight is 193 g/mol. The molecule has 1 aromatic heterocycles. The van der Waals surface area contributed by atoms with E-state index in [1.807, 2.05) is 0 Å². The lowest BCUT2D eigenvalue weighted by atomic mass is 10.2. The fraction of sp³-hybridized carbons (Fsp3) is 0.500. The van der Waals surface area contributed by atoms with Crippen LogP contribution in [0.3, 0.4) is 0 Å². The van der Waals surface area contributed by atoms with Crippen molar-refractivity contribution in [2.45, 2.75) is 26.2 Å². The van der Waals surface area contributed by atoms with E-state index in [0.717, 1.165) is 19.3 Å². The van der Waals surface area contributed by atoms with Crippen LogP contribution in [0.5, 0.6) is 0 Å². The van der Waals surface area contributed by atoms with Crippen molar-refractivity contribution in [1.82, 2.24) is 9.97 Å². The first-order valence-corrected chi connectivity index (χ1v) is 4.88. The highest BCUT2D eigenvalue weighted by atomic mass is 16.1. The Bertz CT molecular complexity index is 271. The number of aldehydes is 1. The summed E-state index contributed by atoms with van der Waals surface area (Å²) in [4.78, 5) is 18.3. The topological polar surface area (TPSA) is 54.9 Å². The molecular weight excluding hydrogens is 178 g/mol. The quantitative estimate of drug-likeness (QED) is 0.553. The van der Waals surface area contributed by atoms with E-state index in [9.17, 15) is 4.79 Å². The summed E-state index contributed by atoms with van der Waals surface area (Å²) in [6, 6.07) is 0. The Labute approximate surface area is 83.8 Å². The lowest BCUT2D eigenvalue weighted by Crippen LogP contribution is -2.05. The van der Waals surface area contributed by atoms with Gasteiger partial charge in [0, 0.05) is 18.9 Å². The Balaban J connectivity index is 2.32. The third-order valence-corrected chi connectivity index (χ3v) is 1.87. The molecule has 0 aliphatic rings. The number of hydrogen-bond acceptors (Lipinski definition) is 4. The Morgan fingerprint density at radius 2 is 2.07 bits per heavy atom. The molecule has 0 aromatic carbocycles. The van der Waals surface area contributed by atoms with Crippen LogP contribution < -0.4 is 5.32 Å². The molecule has 14 heavy (non-hydrogen) atoms. The van der Waals surface area contributed by atoms with E-state index in [1.165, 1.54) is 25.2 Å². The molecule has 0 bridgehead atoms. The summed E-state index contributed by atoms with van der Waals surface area (Å²) in [5.41, 5.74) is 0.504. The molecule has 0 saturated carbocycles. The van der Waals surface area contributed by atoms with Crippen LogP contribution in [-0.2, 0) is 0 Å². The molecule has 4 nitrogen and oxygen atoms in total. The summed E-state index contributed by atoms with van der Waals surface area (Å²) in [7, 11) is 0. The van der Waals surface area contributed by atoms with Gasteiger partial charge in [-0.2, -0.15) is 0 Å². The first-order valence-electron chi connectivity index (χ1n) is 4.88. The van der Waals surface area contributed by atoms with Gasteiger partial charge in [0.15, 0.2) is 6.29 Å². The zero-order chi connectivity index (χ0) is 10.2. The summed E-state index contributed by atoms with van der Waals surface area (Å²) in [6.45, 7) is 3.05. The Hall–Kier alpha value is -1.45. The molecule has 0 fully saturated rings. The predicted octanol–water partition coefficient (Wildman–Crippen LogP) is 1.89. The molecule has 76 valence electrons. The Kier molecular flexibility index (Phi) is 4.61. The molecule has 1 heterocycles. The minimum Gasteiger partial charge on any atom is -0.354 e. The maximum Gasteiger partial charge on any atom is 0.222 e. The highest BCUT2D eigenvalue weighted by Gasteiger charge is 1.95. The SMILES string of the molecule is CCCCCNc1ncc(C=O)cn1. The van der Waals surface area contributed by atoms with E-state index >= 15 is 0 Å². The second-order valence-corrected chi connectivity index (χ2v) is 3.09. The minimum atomic E-state index is 0.504. The highest BCUT2D eigenvalue weighted by Crippen LogP contribution is 1.99. The largest absolute Gasteiger partial charge is 0.354 e. The number of anilines is 1. The fourth-order valence-corrected chi connectivity index (χ4v) is 1.07. The van der Waals surface area contributed by atoms with E-state index in [4.69, 9.17) is 0 Å². The van der Waals surface area contributed by atoms with E-state index in [2.05, 4.69) is 22.2 Å². The standard InChI is InChI=1S/C10H15N3O/c1-2-3-4-5-11-10-12-6-9(8-14)7-13-10/h6-8H,2-5H2,1H3,(H,11,12,13). The van der Waals surface area contributed by atoms with Gasteiger partial charge in [-0.05, 0) is 6.42 Å². The van der Waals surface area contributed by atoms with Crippen LogP contribution in [0, 0.1) is 0 Å². The van der Waals surface area contributed by atoms with Gasteiger partial charge in [0.1, 0.15) is 0 Å². The monoisotopic (exact) mass is 193 g/mol. The molecule has 1 rings (SSSR count). The van der Waals surface area contributed by atoms with Gasteiger partial charge >= 0.3 is 0 Å². The summed E-state index contributed by atoms with van der Waals surface area (Å²) in [5.74, 6) is 0.590. The first-order chi connectivity index (χ1) is 6.86. The summed E-state index contributed by atoms with van der Waals surface area (Å²) in [5, 5.41) is 3.09. The molecule has 0 saturated heterocycles. The summed E-state index contributed by atoms with van der Waals surface area (Å²) < 4.78 is 0. The van der Waals surface area contributed by atoms with Gasteiger partial charge in [-0.3, -0.25) is 4.79 Å². The fourth-order valence-electron chi connectivity index (χ4n) is 1.07. The van der Waals surface area contributed by atoms with Gasteiger partial charge in [-0.15, -0.1) is 0 Å². The molecular formula is C10H15N3O. The van der Waals surface area contributed by atoms with Crippen LogP contribution >= 0.6 is 0 Å². The maximum atomic E-state index is 10.3. The van der Waals surface area contributed by atoms with Crippen molar-refractivity contribution in [2.75, 3.05) is 11.9 Å². The van der Waals surface area contributed by atoms with Crippen molar-refractivity contribution in [1.29, 1.82) is 0 Å². The molecule has 1 aromatic rings. The van der Waals surface area contributed by atoms with E-state index in [-0.39, 0.29) is 0 Å². The van der Waals surface area contributed by atoms with Crippen molar-refractivity contribution in [3.8, 4) is 0 Å². The highest BCUT2D eigenvalue weighted by molar-refractivity contribution is 5.73. The van der Waals surface area contributed by atoms with Crippen molar-refractivity contribution >= 4 is 12.2 Å². The Morgan fingerprint density at radius 1 is 1.36 bits per heavy atom. The number of aromatic nitrogens is 2. The van der Waals surface area contributed by atoms with Gasteiger partial charge < -0.3 is 5.32 Å². The lowest BCUT2D eigenvalue weighted by Gasteiger charge is -2.02. The maximum absolute atomic E-state index is 10.3. The number of carbonyl (C=O) groups is 1. The number of hydrogen-bond donors (Lipinski definition) is 1. The molecule has 0 atom stereocenters. The van der Waals surface area contributed by atoms with Crippen molar-refractivity contribution in [3.63, 3.8) is 0 Å². The summed E-state index contributed by atoms with van der Waals surface area (Å²) >= 11 is 0. The number of nitrogens with one attached hydrogen (secondary N) is 1. The zero-order valence-corrected chi connectivity index (χ0v) is 8.36. The van der Waals surface area contributed by atoms with Gasteiger partial charge in [0.05, 0.1) is 5.56 Å². The van der Waals surface area contributed by atoms with Crippen LogP contribution in [0.15, 0.2) is 12.4 Å². The molecule has 0 unspecified atom stereocenters. The molecule has 0 amide bonds. The van der Waals surface area contributed by atoms with Gasteiger partial charge in [-0.1, -0.05) is 19.8 Å². The average Bonchev–Trinajstić information content (AvgIpc) is 2.25. The molecule has 0 radical (unpaired) electrons. The van der Waals surface area contributed by atoms with Crippen LogP contribution in [0.1, 0.15) is 36.5 Å². The second kappa shape index (κ2) is 6.07. The smallest absolute Gasteiger partial charge is 0.222 e. The van der Waals surface area contributed by atoms with Crippen LogP contribution in [0.4, 0.5) is 5.95 Å². The van der Waals surface area contributed by atoms with Crippen molar-refractivity contribution in [2.24, 2.45) is 0 Å². The predicted molar refractivity (Wildman–Crippen MR) is 55.4 cm³/mol. The number of unbranched alkanes of at least 4 members (excludes halogenated alkanes) is 2. The Morgan fingerprint density at radius 3 is 2.64 bits per heavy atom. The third-order valence-electron chi connectivity index (χ3n) is 1.87. The minimum absolute atomic E-state index is 0.504. The van der Waals surface area contributed by atoms with Gasteiger partial charge in [-0.25, -0.2) is 9.97 Å². The molecule has 1 N–H and O–H groups in total. The number of carbonyl (C=O) groups excluding carboxylic acids is 1. The van der Waals surface area contributed by atoms with E-state index < -0.39 is 0 Å². The molecule has 4 heteroatoms. The lowest BCUT2D eigenvalue weighted by molar-refractivity contribution is 0.112. The second-order valence-electron chi connectivity index (χ2n) is 3.09. The molecule has 0 spiro atoms. The van der Waals surface area contributed by atoms with Crippen LogP contribution in [0.2, 0.25) is 0 Å².